The van der Waals surface area contributed by atoms with Crippen LogP contribution in [0.4, 0.5) is 43.8 Å². The van der Waals surface area contributed by atoms with Crippen LogP contribution in [-0.4, -0.2) is 63.7 Å². The topological polar surface area (TPSA) is 82.1 Å². The number of hydrogen-bond donors (Lipinski definition) is 1. The molecule has 3 rings (SSSR count). The Morgan fingerprint density at radius 2 is 1.68 bits per heavy atom. The van der Waals surface area contributed by atoms with Crippen LogP contribution in [-0.2, 0) is 11.3 Å². The Balaban J connectivity index is 1.75. The molecule has 1 atom stereocenters. The number of imidazole rings is 1. The SMILES string of the molecule is CC(Cn1cnc2c(N(C)c3ccccc3)nc(N)nc21)OCP(CC(F)(F)F)CC(F)(F)F. The second-order valence-corrected chi connectivity index (χ2v) is 9.93. The van der Waals surface area contributed by atoms with Crippen LogP contribution in [0.5, 0.6) is 0 Å². The number of aromatic nitrogens is 4. The zero-order chi connectivity index (χ0) is 25.1. The molecule has 14 heteroatoms. The number of benzene rings is 1. The number of fused-ring (bicyclic) bond motifs is 1. The zero-order valence-electron chi connectivity index (χ0n) is 18.3. The molecule has 186 valence electrons. The molecular weight excluding hydrogens is 485 g/mol. The number of nitrogens with zero attached hydrogens (tertiary/aromatic N) is 5. The summed E-state index contributed by atoms with van der Waals surface area (Å²) in [6.07, 6.45) is -12.3. The van der Waals surface area contributed by atoms with Crippen molar-refractivity contribution in [1.29, 1.82) is 0 Å². The molecule has 34 heavy (non-hydrogen) atoms. The summed E-state index contributed by atoms with van der Waals surface area (Å²) in [5.74, 6) is 0.430. The second kappa shape index (κ2) is 10.3. The molecule has 0 saturated carbocycles. The Morgan fingerprint density at radius 3 is 2.26 bits per heavy atom. The summed E-state index contributed by atoms with van der Waals surface area (Å²) in [5.41, 5.74) is 7.52. The molecule has 0 radical (unpaired) electrons. The number of rotatable bonds is 9. The molecule has 2 aromatic heterocycles. The van der Waals surface area contributed by atoms with Crippen molar-refractivity contribution >= 4 is 36.5 Å². The maximum atomic E-state index is 12.7. The molecular formula is C20H23F6N6OP. The van der Waals surface area contributed by atoms with E-state index in [0.717, 1.165) is 5.69 Å². The first-order valence-electron chi connectivity index (χ1n) is 10.1. The monoisotopic (exact) mass is 508 g/mol. The average Bonchev–Trinajstić information content (AvgIpc) is 3.11. The van der Waals surface area contributed by atoms with Gasteiger partial charge in [-0.25, -0.2) is 4.98 Å². The number of nitrogen functional groups attached to an aromatic ring is 1. The fourth-order valence-corrected chi connectivity index (χ4v) is 5.08. The Labute approximate surface area is 192 Å². The lowest BCUT2D eigenvalue weighted by Gasteiger charge is -2.23. The lowest BCUT2D eigenvalue weighted by Crippen LogP contribution is -2.24. The smallest absolute Gasteiger partial charge is 0.372 e. The lowest BCUT2D eigenvalue weighted by atomic mass is 10.3. The fraction of sp³-hybridized carbons (Fsp3) is 0.450. The number of hydrogen-bond acceptors (Lipinski definition) is 6. The average molecular weight is 508 g/mol. The Morgan fingerprint density at radius 1 is 1.06 bits per heavy atom. The summed E-state index contributed by atoms with van der Waals surface area (Å²) in [6.45, 7) is 1.66. The van der Waals surface area contributed by atoms with Gasteiger partial charge in [0.25, 0.3) is 0 Å². The molecule has 0 saturated heterocycles. The highest BCUT2D eigenvalue weighted by Crippen LogP contribution is 2.46. The Bertz CT molecular complexity index is 1070. The van der Waals surface area contributed by atoms with Crippen LogP contribution in [0.1, 0.15) is 6.92 Å². The van der Waals surface area contributed by atoms with Gasteiger partial charge in [0.15, 0.2) is 17.0 Å². The molecule has 1 unspecified atom stereocenters. The minimum atomic E-state index is -4.69. The van der Waals surface area contributed by atoms with E-state index in [9.17, 15) is 26.3 Å². The van der Waals surface area contributed by atoms with Gasteiger partial charge in [0.2, 0.25) is 5.95 Å². The number of para-hydroxylation sites is 1. The van der Waals surface area contributed by atoms with E-state index in [0.29, 0.717) is 17.0 Å². The van der Waals surface area contributed by atoms with Gasteiger partial charge in [0.1, 0.15) is 0 Å². The van der Waals surface area contributed by atoms with E-state index < -0.39 is 45.0 Å². The standard InChI is InChI=1S/C20H23F6N6OP/c1-13(33-12-34(9-19(21,22)23)10-20(24,25)26)8-32-11-28-15-16(29-18(27)30-17(15)32)31(2)14-6-4-3-5-7-14/h3-7,11,13H,8-10,12H2,1-2H3,(H2,27,29,30). The van der Waals surface area contributed by atoms with E-state index in [2.05, 4.69) is 15.0 Å². The molecule has 2 heterocycles. The predicted octanol–water partition coefficient (Wildman–Crippen LogP) is 5.15. The van der Waals surface area contributed by atoms with E-state index in [1.165, 1.54) is 6.33 Å². The van der Waals surface area contributed by atoms with Gasteiger partial charge in [-0.15, -0.1) is 0 Å². The number of alkyl halides is 6. The van der Waals surface area contributed by atoms with Crippen molar-refractivity contribution in [3.05, 3.63) is 36.7 Å². The van der Waals surface area contributed by atoms with Crippen LogP contribution < -0.4 is 10.6 Å². The van der Waals surface area contributed by atoms with Crippen LogP contribution in [0, 0.1) is 0 Å². The maximum Gasteiger partial charge on any atom is 0.392 e. The van der Waals surface area contributed by atoms with Gasteiger partial charge < -0.3 is 19.9 Å². The Hall–Kier alpha value is -2.66. The van der Waals surface area contributed by atoms with E-state index in [-0.39, 0.29) is 12.5 Å². The van der Waals surface area contributed by atoms with Crippen molar-refractivity contribution in [1.82, 2.24) is 19.5 Å². The summed E-state index contributed by atoms with van der Waals surface area (Å²) in [5, 5.41) is 0. The second-order valence-electron chi connectivity index (χ2n) is 7.69. The zero-order valence-corrected chi connectivity index (χ0v) is 19.2. The predicted molar refractivity (Wildman–Crippen MR) is 118 cm³/mol. The van der Waals surface area contributed by atoms with Crippen LogP contribution in [0.15, 0.2) is 36.7 Å². The number of halogens is 6. The number of anilines is 3. The fourth-order valence-electron chi connectivity index (χ4n) is 3.30. The van der Waals surface area contributed by atoms with Crippen LogP contribution in [0.25, 0.3) is 11.2 Å². The summed E-state index contributed by atoms with van der Waals surface area (Å²) >= 11 is 0. The molecule has 0 aliphatic carbocycles. The molecule has 2 N–H and O–H groups in total. The molecule has 0 fully saturated rings. The van der Waals surface area contributed by atoms with Crippen molar-refractivity contribution < 1.29 is 31.1 Å². The molecule has 0 bridgehead atoms. The van der Waals surface area contributed by atoms with E-state index in [4.69, 9.17) is 10.5 Å². The van der Waals surface area contributed by atoms with E-state index in [1.807, 2.05) is 30.3 Å². The molecule has 0 aliphatic heterocycles. The van der Waals surface area contributed by atoms with Gasteiger partial charge in [-0.1, -0.05) is 26.1 Å². The van der Waals surface area contributed by atoms with Crippen LogP contribution in [0.3, 0.4) is 0 Å². The van der Waals surface area contributed by atoms with Crippen LogP contribution >= 0.6 is 7.92 Å². The number of nitrogens with two attached hydrogens (primary N) is 1. The quantitative estimate of drug-likeness (QED) is 0.318. The molecule has 3 aromatic rings. The minimum absolute atomic E-state index is 0.0144. The molecule has 7 nitrogen and oxygen atoms in total. The third-order valence-electron chi connectivity index (χ3n) is 4.73. The van der Waals surface area contributed by atoms with Gasteiger partial charge in [0, 0.05) is 12.7 Å². The lowest BCUT2D eigenvalue weighted by molar-refractivity contribution is -0.112. The van der Waals surface area contributed by atoms with Crippen molar-refractivity contribution in [2.75, 3.05) is 36.4 Å². The summed E-state index contributed by atoms with van der Waals surface area (Å²) in [4.78, 5) is 14.6. The third-order valence-corrected chi connectivity index (χ3v) is 6.85. The molecule has 0 aliphatic rings. The third kappa shape index (κ3) is 7.17. The van der Waals surface area contributed by atoms with Gasteiger partial charge in [-0.3, -0.25) is 0 Å². The first-order valence-corrected chi connectivity index (χ1v) is 12.0. The maximum absolute atomic E-state index is 12.7. The Kier molecular flexibility index (Phi) is 7.87. The highest BCUT2D eigenvalue weighted by atomic mass is 31.1. The van der Waals surface area contributed by atoms with Gasteiger partial charge in [-0.2, -0.15) is 36.3 Å². The van der Waals surface area contributed by atoms with Gasteiger partial charge in [-0.05, 0) is 19.1 Å². The number of ether oxygens (including phenoxy) is 1. The van der Waals surface area contributed by atoms with Crippen molar-refractivity contribution in [2.45, 2.75) is 31.9 Å². The van der Waals surface area contributed by atoms with Gasteiger partial charge >= 0.3 is 12.4 Å². The summed E-state index contributed by atoms with van der Waals surface area (Å²) in [7, 11) is -0.679. The minimum Gasteiger partial charge on any atom is -0.372 e. The van der Waals surface area contributed by atoms with E-state index >= 15 is 0 Å². The first-order chi connectivity index (χ1) is 15.8. The highest BCUT2D eigenvalue weighted by molar-refractivity contribution is 7.57. The molecule has 1 aromatic carbocycles. The molecule has 0 spiro atoms. The summed E-state index contributed by atoms with van der Waals surface area (Å²) in [6, 6.07) is 9.33. The van der Waals surface area contributed by atoms with Crippen molar-refractivity contribution in [2.24, 2.45) is 0 Å². The van der Waals surface area contributed by atoms with Crippen molar-refractivity contribution in [3.8, 4) is 0 Å². The van der Waals surface area contributed by atoms with E-state index in [1.54, 1.807) is 23.4 Å². The van der Waals surface area contributed by atoms with Gasteiger partial charge in [0.05, 0.1) is 37.6 Å². The van der Waals surface area contributed by atoms with Crippen molar-refractivity contribution in [3.63, 3.8) is 0 Å². The normalized spacial score (nSPS) is 13.6. The largest absolute Gasteiger partial charge is 0.392 e. The van der Waals surface area contributed by atoms with Crippen LogP contribution in [0.2, 0.25) is 0 Å². The highest BCUT2D eigenvalue weighted by Gasteiger charge is 2.38. The molecule has 0 amide bonds. The summed E-state index contributed by atoms with van der Waals surface area (Å²) < 4.78 is 83.2. The first kappa shape index (κ1) is 26.0.